The van der Waals surface area contributed by atoms with E-state index in [0.717, 1.165) is 26.4 Å². The Labute approximate surface area is 210 Å². The number of benzene rings is 4. The number of fused-ring (bicyclic) bond motifs is 1. The second kappa shape index (κ2) is 8.75. The topological polar surface area (TPSA) is 57.6 Å². The molecular weight excluding hydrogens is 514 g/mol. The summed E-state index contributed by atoms with van der Waals surface area (Å²) in [6.07, 6.45) is 0. The SMILES string of the molecule is Cc1cc(/C(O)=C2/C(=O)C(=O)N(c3ccc(Cl)cc3)C2c2cccc3ccccc23)ccc1Br. The predicted octanol–water partition coefficient (Wildman–Crippen LogP) is 7.19. The van der Waals surface area contributed by atoms with Gasteiger partial charge >= 0.3 is 0 Å². The highest BCUT2D eigenvalue weighted by atomic mass is 79.9. The molecule has 5 rings (SSSR count). The molecule has 1 N–H and O–H groups in total. The first-order valence-corrected chi connectivity index (χ1v) is 11.8. The minimum absolute atomic E-state index is 0.0537. The van der Waals surface area contributed by atoms with Crippen molar-refractivity contribution >= 4 is 61.4 Å². The summed E-state index contributed by atoms with van der Waals surface area (Å²) < 4.78 is 0.885. The Hall–Kier alpha value is -3.41. The third-order valence-electron chi connectivity index (χ3n) is 6.10. The van der Waals surface area contributed by atoms with Crippen LogP contribution in [0.25, 0.3) is 16.5 Å². The highest BCUT2D eigenvalue weighted by Crippen LogP contribution is 2.44. The number of carbonyl (C=O) groups is 2. The largest absolute Gasteiger partial charge is 0.507 e. The number of aliphatic hydroxyl groups is 1. The lowest BCUT2D eigenvalue weighted by Gasteiger charge is -2.26. The van der Waals surface area contributed by atoms with Crippen LogP contribution in [0.3, 0.4) is 0 Å². The van der Waals surface area contributed by atoms with Crippen molar-refractivity contribution in [3.05, 3.63) is 117 Å². The zero-order valence-electron chi connectivity index (χ0n) is 18.1. The molecule has 0 radical (unpaired) electrons. The summed E-state index contributed by atoms with van der Waals surface area (Å²) in [5, 5.41) is 13.8. The standard InChI is InChI=1S/C28H19BrClNO3/c1-16-15-18(9-14-23(16)29)26(32)24-25(22-8-4-6-17-5-2-3-7-21(17)22)31(28(34)27(24)33)20-12-10-19(30)11-13-20/h2-15,25,32H,1H3/b26-24-. The number of hydrogen-bond donors (Lipinski definition) is 1. The summed E-state index contributed by atoms with van der Waals surface area (Å²) >= 11 is 9.55. The van der Waals surface area contributed by atoms with Gasteiger partial charge in [-0.05, 0) is 65.2 Å². The molecule has 0 bridgehead atoms. The minimum atomic E-state index is -0.809. The van der Waals surface area contributed by atoms with E-state index in [1.165, 1.54) is 4.90 Å². The van der Waals surface area contributed by atoms with Gasteiger partial charge in [0, 0.05) is 20.7 Å². The molecule has 1 saturated heterocycles. The van der Waals surface area contributed by atoms with Crippen molar-refractivity contribution in [2.24, 2.45) is 0 Å². The number of amides is 1. The quantitative estimate of drug-likeness (QED) is 0.173. The lowest BCUT2D eigenvalue weighted by atomic mass is 9.91. The van der Waals surface area contributed by atoms with Crippen molar-refractivity contribution in [2.75, 3.05) is 4.90 Å². The molecule has 0 saturated carbocycles. The fourth-order valence-electron chi connectivity index (χ4n) is 4.43. The van der Waals surface area contributed by atoms with E-state index < -0.39 is 17.7 Å². The average Bonchev–Trinajstić information content (AvgIpc) is 3.11. The second-order valence-electron chi connectivity index (χ2n) is 8.18. The van der Waals surface area contributed by atoms with Crippen molar-refractivity contribution in [3.63, 3.8) is 0 Å². The van der Waals surface area contributed by atoms with Crippen molar-refractivity contribution in [3.8, 4) is 0 Å². The summed E-state index contributed by atoms with van der Waals surface area (Å²) in [6.45, 7) is 1.90. The fraction of sp³-hybridized carbons (Fsp3) is 0.0714. The number of nitrogens with zero attached hydrogens (tertiary/aromatic N) is 1. The molecule has 0 aliphatic carbocycles. The number of ketones is 1. The normalized spacial score (nSPS) is 17.5. The van der Waals surface area contributed by atoms with Crippen molar-refractivity contribution in [2.45, 2.75) is 13.0 Å². The third-order valence-corrected chi connectivity index (χ3v) is 7.24. The van der Waals surface area contributed by atoms with Crippen LogP contribution in [0.2, 0.25) is 5.02 Å². The highest BCUT2D eigenvalue weighted by Gasteiger charge is 2.47. The van der Waals surface area contributed by atoms with Gasteiger partial charge in [-0.15, -0.1) is 0 Å². The minimum Gasteiger partial charge on any atom is -0.507 e. The van der Waals surface area contributed by atoms with Crippen LogP contribution in [0.4, 0.5) is 5.69 Å². The van der Waals surface area contributed by atoms with Gasteiger partial charge in [0.1, 0.15) is 5.76 Å². The van der Waals surface area contributed by atoms with Gasteiger partial charge in [0.2, 0.25) is 0 Å². The predicted molar refractivity (Wildman–Crippen MR) is 139 cm³/mol. The van der Waals surface area contributed by atoms with E-state index in [1.807, 2.05) is 55.5 Å². The fourth-order valence-corrected chi connectivity index (χ4v) is 4.80. The van der Waals surface area contributed by atoms with Gasteiger partial charge in [0.25, 0.3) is 11.7 Å². The van der Waals surface area contributed by atoms with Crippen LogP contribution < -0.4 is 4.90 Å². The number of aliphatic hydroxyl groups excluding tert-OH is 1. The third kappa shape index (κ3) is 3.71. The molecule has 1 aliphatic heterocycles. The highest BCUT2D eigenvalue weighted by molar-refractivity contribution is 9.10. The lowest BCUT2D eigenvalue weighted by molar-refractivity contribution is -0.132. The molecule has 168 valence electrons. The van der Waals surface area contributed by atoms with E-state index in [2.05, 4.69) is 15.9 Å². The Kier molecular flexibility index (Phi) is 5.76. The Morgan fingerprint density at radius 1 is 0.941 bits per heavy atom. The maximum atomic E-state index is 13.4. The molecule has 1 aliphatic rings. The number of anilines is 1. The number of halogens is 2. The summed E-state index contributed by atoms with van der Waals surface area (Å²) in [6, 6.07) is 24.8. The van der Waals surface area contributed by atoms with Crippen LogP contribution in [0.5, 0.6) is 0 Å². The van der Waals surface area contributed by atoms with Crippen LogP contribution in [0.1, 0.15) is 22.7 Å². The number of carbonyl (C=O) groups excluding carboxylic acids is 2. The van der Waals surface area contributed by atoms with E-state index in [0.29, 0.717) is 16.3 Å². The average molecular weight is 533 g/mol. The number of Topliss-reactive ketones (excluding diaryl/α,β-unsaturated/α-hetero) is 1. The Morgan fingerprint density at radius 3 is 2.38 bits per heavy atom. The van der Waals surface area contributed by atoms with E-state index in [9.17, 15) is 14.7 Å². The molecule has 34 heavy (non-hydrogen) atoms. The van der Waals surface area contributed by atoms with Crippen molar-refractivity contribution < 1.29 is 14.7 Å². The molecule has 1 fully saturated rings. The van der Waals surface area contributed by atoms with Gasteiger partial charge in [-0.1, -0.05) is 76.1 Å². The maximum absolute atomic E-state index is 13.4. The van der Waals surface area contributed by atoms with Crippen molar-refractivity contribution in [1.82, 2.24) is 0 Å². The first kappa shape index (κ1) is 22.4. The van der Waals surface area contributed by atoms with Crippen LogP contribution in [0, 0.1) is 6.92 Å². The molecule has 0 spiro atoms. The van der Waals surface area contributed by atoms with Crippen LogP contribution >= 0.6 is 27.5 Å². The Bertz CT molecular complexity index is 1490. The van der Waals surface area contributed by atoms with Crippen LogP contribution in [-0.4, -0.2) is 16.8 Å². The molecule has 4 aromatic rings. The molecular formula is C28H19BrClNO3. The first-order chi connectivity index (χ1) is 16.4. The van der Waals surface area contributed by atoms with Crippen LogP contribution in [0.15, 0.2) is 95.0 Å². The molecule has 1 unspecified atom stereocenters. The summed E-state index contributed by atoms with van der Waals surface area (Å²) in [5.74, 6) is -1.63. The zero-order chi connectivity index (χ0) is 24.0. The van der Waals surface area contributed by atoms with Gasteiger partial charge in [-0.3, -0.25) is 14.5 Å². The zero-order valence-corrected chi connectivity index (χ0v) is 20.5. The molecule has 4 nitrogen and oxygen atoms in total. The van der Waals surface area contributed by atoms with E-state index in [-0.39, 0.29) is 11.3 Å². The lowest BCUT2D eigenvalue weighted by Crippen LogP contribution is -2.29. The van der Waals surface area contributed by atoms with Gasteiger partial charge in [-0.25, -0.2) is 0 Å². The summed E-state index contributed by atoms with van der Waals surface area (Å²) in [5.41, 5.74) is 2.70. The second-order valence-corrected chi connectivity index (χ2v) is 9.47. The monoisotopic (exact) mass is 531 g/mol. The Balaban J connectivity index is 1.80. The summed E-state index contributed by atoms with van der Waals surface area (Å²) in [4.78, 5) is 28.2. The van der Waals surface area contributed by atoms with E-state index in [1.54, 1.807) is 36.4 Å². The molecule has 6 heteroatoms. The van der Waals surface area contributed by atoms with Gasteiger partial charge in [0.05, 0.1) is 11.6 Å². The van der Waals surface area contributed by atoms with Crippen molar-refractivity contribution in [1.29, 1.82) is 0 Å². The molecule has 1 atom stereocenters. The smallest absolute Gasteiger partial charge is 0.300 e. The van der Waals surface area contributed by atoms with E-state index >= 15 is 0 Å². The Morgan fingerprint density at radius 2 is 1.65 bits per heavy atom. The molecule has 0 aromatic heterocycles. The molecule has 1 amide bonds. The van der Waals surface area contributed by atoms with Crippen LogP contribution in [-0.2, 0) is 9.59 Å². The van der Waals surface area contributed by atoms with Gasteiger partial charge in [0.15, 0.2) is 0 Å². The van der Waals surface area contributed by atoms with E-state index in [4.69, 9.17) is 11.6 Å². The number of aryl methyl sites for hydroxylation is 1. The summed E-state index contributed by atoms with van der Waals surface area (Å²) in [7, 11) is 0. The number of hydrogen-bond acceptors (Lipinski definition) is 3. The number of rotatable bonds is 3. The molecule has 1 heterocycles. The first-order valence-electron chi connectivity index (χ1n) is 10.7. The van der Waals surface area contributed by atoms with Gasteiger partial charge in [-0.2, -0.15) is 0 Å². The maximum Gasteiger partial charge on any atom is 0.300 e. The van der Waals surface area contributed by atoms with Gasteiger partial charge < -0.3 is 5.11 Å². The molecule has 4 aromatic carbocycles.